The Morgan fingerprint density at radius 1 is 0.750 bits per heavy atom. The zero-order valence-electron chi connectivity index (χ0n) is 11.1. The quantitative estimate of drug-likeness (QED) is 0.823. The van der Waals surface area contributed by atoms with Crippen LogP contribution in [0.2, 0.25) is 0 Å². The summed E-state index contributed by atoms with van der Waals surface area (Å²) in [5.74, 6) is -0.0950. The van der Waals surface area contributed by atoms with E-state index in [1.54, 1.807) is 6.07 Å². The van der Waals surface area contributed by atoms with Crippen molar-refractivity contribution in [2.45, 2.75) is 38.5 Å². The van der Waals surface area contributed by atoms with Crippen LogP contribution >= 0.6 is 0 Å². The number of hydrogen-bond acceptors (Lipinski definition) is 5. The van der Waals surface area contributed by atoms with Crippen molar-refractivity contribution in [2.75, 3.05) is 0 Å². The van der Waals surface area contributed by atoms with Crippen LogP contribution in [0.1, 0.15) is 36.0 Å². The SMILES string of the molecule is N#CCCc1cc(CCC#N)c(O)c(CCC#N)c1O. The molecule has 20 heavy (non-hydrogen) atoms. The molecule has 5 nitrogen and oxygen atoms in total. The van der Waals surface area contributed by atoms with Gasteiger partial charge in [0.15, 0.2) is 0 Å². The average molecular weight is 269 g/mol. The number of phenolic OH excluding ortho intramolecular Hbond substituents is 2. The smallest absolute Gasteiger partial charge is 0.125 e. The van der Waals surface area contributed by atoms with E-state index in [4.69, 9.17) is 15.8 Å². The zero-order chi connectivity index (χ0) is 15.0. The minimum atomic E-state index is -0.0475. The van der Waals surface area contributed by atoms with Gasteiger partial charge in [-0.15, -0.1) is 0 Å². The maximum atomic E-state index is 10.1. The van der Waals surface area contributed by atoms with Crippen LogP contribution in [0.15, 0.2) is 6.07 Å². The minimum absolute atomic E-state index is 0.0475. The molecular formula is C15H15N3O2. The van der Waals surface area contributed by atoms with Crippen LogP contribution in [-0.2, 0) is 19.3 Å². The third kappa shape index (κ3) is 3.64. The molecule has 0 spiro atoms. The number of phenols is 2. The average Bonchev–Trinajstić information content (AvgIpc) is 2.45. The van der Waals surface area contributed by atoms with Crippen molar-refractivity contribution in [1.82, 2.24) is 0 Å². The molecule has 0 saturated carbocycles. The lowest BCUT2D eigenvalue weighted by Gasteiger charge is -2.14. The van der Waals surface area contributed by atoms with E-state index < -0.39 is 0 Å². The molecule has 1 rings (SSSR count). The van der Waals surface area contributed by atoms with Gasteiger partial charge in [-0.1, -0.05) is 0 Å². The summed E-state index contributed by atoms with van der Waals surface area (Å²) in [4.78, 5) is 0. The molecule has 0 aliphatic carbocycles. The van der Waals surface area contributed by atoms with Crippen LogP contribution in [0.25, 0.3) is 0 Å². The maximum Gasteiger partial charge on any atom is 0.125 e. The highest BCUT2D eigenvalue weighted by Gasteiger charge is 2.16. The molecule has 0 bridgehead atoms. The Balaban J connectivity index is 3.22. The molecule has 102 valence electrons. The van der Waals surface area contributed by atoms with Crippen LogP contribution in [0, 0.1) is 34.0 Å². The number of aromatic hydroxyl groups is 2. The fourth-order valence-corrected chi connectivity index (χ4v) is 2.03. The fourth-order valence-electron chi connectivity index (χ4n) is 2.03. The van der Waals surface area contributed by atoms with Crippen molar-refractivity contribution in [2.24, 2.45) is 0 Å². The molecule has 0 radical (unpaired) electrons. The first-order valence-corrected chi connectivity index (χ1v) is 6.32. The molecule has 0 fully saturated rings. The van der Waals surface area contributed by atoms with Gasteiger partial charge in [-0.2, -0.15) is 15.8 Å². The summed E-state index contributed by atoms with van der Waals surface area (Å²) in [5, 5.41) is 46.1. The summed E-state index contributed by atoms with van der Waals surface area (Å²) in [6, 6.07) is 7.61. The summed E-state index contributed by atoms with van der Waals surface area (Å²) in [7, 11) is 0. The van der Waals surface area contributed by atoms with Gasteiger partial charge in [-0.05, 0) is 36.5 Å². The second-order valence-corrected chi connectivity index (χ2v) is 4.34. The van der Waals surface area contributed by atoms with Gasteiger partial charge in [-0.3, -0.25) is 0 Å². The molecule has 1 aromatic carbocycles. The minimum Gasteiger partial charge on any atom is -0.507 e. The van der Waals surface area contributed by atoms with Crippen molar-refractivity contribution in [3.05, 3.63) is 22.8 Å². The van der Waals surface area contributed by atoms with Gasteiger partial charge in [0.2, 0.25) is 0 Å². The molecule has 0 aliphatic rings. The Bertz CT molecular complexity index is 561. The lowest BCUT2D eigenvalue weighted by atomic mass is 9.95. The van der Waals surface area contributed by atoms with Gasteiger partial charge < -0.3 is 10.2 Å². The van der Waals surface area contributed by atoms with Crippen molar-refractivity contribution >= 4 is 0 Å². The molecular weight excluding hydrogens is 254 g/mol. The molecule has 0 heterocycles. The number of nitrogens with zero attached hydrogens (tertiary/aromatic N) is 3. The van der Waals surface area contributed by atoms with E-state index in [0.717, 1.165) is 0 Å². The van der Waals surface area contributed by atoms with Crippen molar-refractivity contribution in [3.8, 4) is 29.7 Å². The summed E-state index contributed by atoms with van der Waals surface area (Å²) in [5.41, 5.74) is 1.48. The Kier molecular flexibility index (Phi) is 5.88. The van der Waals surface area contributed by atoms with E-state index in [0.29, 0.717) is 29.5 Å². The van der Waals surface area contributed by atoms with E-state index in [2.05, 4.69) is 0 Å². The van der Waals surface area contributed by atoms with E-state index in [1.807, 2.05) is 18.2 Å². The maximum absolute atomic E-state index is 10.1. The molecule has 1 aromatic rings. The number of aryl methyl sites for hydroxylation is 2. The number of rotatable bonds is 6. The standard InChI is InChI=1S/C15H15N3O2/c16-7-1-4-11-10-12(5-2-8-17)15(20)13(14(11)19)6-3-9-18/h10,19-20H,1-6H2. The third-order valence-electron chi connectivity index (χ3n) is 3.03. The lowest BCUT2D eigenvalue weighted by Crippen LogP contribution is -1.98. The van der Waals surface area contributed by atoms with Gasteiger partial charge in [-0.25, -0.2) is 0 Å². The van der Waals surface area contributed by atoms with Crippen LogP contribution < -0.4 is 0 Å². The van der Waals surface area contributed by atoms with Gasteiger partial charge in [0.1, 0.15) is 11.5 Å². The van der Waals surface area contributed by atoms with Crippen LogP contribution in [0.5, 0.6) is 11.5 Å². The molecule has 0 aromatic heterocycles. The number of benzene rings is 1. The molecule has 2 N–H and O–H groups in total. The topological polar surface area (TPSA) is 112 Å². The highest BCUT2D eigenvalue weighted by Crippen LogP contribution is 2.36. The Hall–Kier alpha value is -2.71. The monoisotopic (exact) mass is 269 g/mol. The summed E-state index contributed by atoms with van der Waals surface area (Å²) >= 11 is 0. The summed E-state index contributed by atoms with van der Waals surface area (Å²) < 4.78 is 0. The fraction of sp³-hybridized carbons (Fsp3) is 0.400. The van der Waals surface area contributed by atoms with E-state index in [-0.39, 0.29) is 37.2 Å². The van der Waals surface area contributed by atoms with Gasteiger partial charge in [0, 0.05) is 24.8 Å². The largest absolute Gasteiger partial charge is 0.507 e. The highest BCUT2D eigenvalue weighted by atomic mass is 16.3. The van der Waals surface area contributed by atoms with Crippen molar-refractivity contribution in [3.63, 3.8) is 0 Å². The molecule has 0 atom stereocenters. The van der Waals surface area contributed by atoms with E-state index in [9.17, 15) is 10.2 Å². The second kappa shape index (κ2) is 7.67. The first kappa shape index (κ1) is 15.3. The Morgan fingerprint density at radius 3 is 1.55 bits per heavy atom. The number of nitriles is 3. The molecule has 5 heteroatoms. The van der Waals surface area contributed by atoms with Crippen LogP contribution in [0.4, 0.5) is 0 Å². The summed E-state index contributed by atoms with van der Waals surface area (Å²) in [6.45, 7) is 0. The van der Waals surface area contributed by atoms with Crippen LogP contribution in [0.3, 0.4) is 0 Å². The predicted octanol–water partition coefficient (Wildman–Crippen LogP) is 2.47. The normalized spacial score (nSPS) is 9.45. The molecule has 0 unspecified atom stereocenters. The second-order valence-electron chi connectivity index (χ2n) is 4.34. The first-order valence-electron chi connectivity index (χ1n) is 6.32. The number of hydrogen-bond donors (Lipinski definition) is 2. The van der Waals surface area contributed by atoms with E-state index in [1.165, 1.54) is 0 Å². The van der Waals surface area contributed by atoms with Gasteiger partial charge >= 0.3 is 0 Å². The first-order chi connectivity index (χ1) is 9.65. The highest BCUT2D eigenvalue weighted by molar-refractivity contribution is 5.54. The zero-order valence-corrected chi connectivity index (χ0v) is 11.1. The van der Waals surface area contributed by atoms with E-state index >= 15 is 0 Å². The Labute approximate surface area is 117 Å². The lowest BCUT2D eigenvalue weighted by molar-refractivity contribution is 0.429. The molecule has 0 amide bonds. The predicted molar refractivity (Wildman–Crippen MR) is 71.6 cm³/mol. The van der Waals surface area contributed by atoms with Gasteiger partial charge in [0.05, 0.1) is 18.2 Å². The van der Waals surface area contributed by atoms with Gasteiger partial charge in [0.25, 0.3) is 0 Å². The van der Waals surface area contributed by atoms with Crippen LogP contribution in [-0.4, -0.2) is 10.2 Å². The Morgan fingerprint density at radius 2 is 1.15 bits per heavy atom. The summed E-state index contributed by atoms with van der Waals surface area (Å²) in [6.07, 6.45) is 1.69. The van der Waals surface area contributed by atoms with Crippen molar-refractivity contribution < 1.29 is 10.2 Å². The third-order valence-corrected chi connectivity index (χ3v) is 3.03. The molecule has 0 saturated heterocycles. The molecule has 0 aliphatic heterocycles. The van der Waals surface area contributed by atoms with Crippen molar-refractivity contribution in [1.29, 1.82) is 15.8 Å².